The van der Waals surface area contributed by atoms with Gasteiger partial charge in [-0.2, -0.15) is 22.0 Å². The van der Waals surface area contributed by atoms with Crippen LogP contribution in [0.25, 0.3) is 6.08 Å². The third-order valence-corrected chi connectivity index (χ3v) is 7.67. The Labute approximate surface area is 260 Å². The number of rotatable bonds is 16. The molecule has 4 N–H and O–H groups in total. The van der Waals surface area contributed by atoms with Gasteiger partial charge >= 0.3 is 24.2 Å². The summed E-state index contributed by atoms with van der Waals surface area (Å²) < 4.78 is 82.0. The monoisotopic (exact) mass is 640 g/mol. The van der Waals surface area contributed by atoms with Crippen LogP contribution in [0.15, 0.2) is 48.5 Å². The van der Waals surface area contributed by atoms with Gasteiger partial charge in [-0.3, -0.25) is 0 Å². The van der Waals surface area contributed by atoms with Crippen LogP contribution in [0, 0.1) is 11.8 Å². The van der Waals surface area contributed by atoms with Crippen molar-refractivity contribution in [2.45, 2.75) is 82.9 Å². The Bertz CT molecular complexity index is 1240. The van der Waals surface area contributed by atoms with Crippen molar-refractivity contribution < 1.29 is 45.8 Å². The van der Waals surface area contributed by atoms with Gasteiger partial charge in [0.2, 0.25) is 0 Å². The summed E-state index contributed by atoms with van der Waals surface area (Å²) in [5, 5.41) is 0. The zero-order chi connectivity index (χ0) is 32.9. The van der Waals surface area contributed by atoms with E-state index in [2.05, 4.69) is 0 Å². The van der Waals surface area contributed by atoms with Gasteiger partial charge in [0.1, 0.15) is 5.75 Å². The predicted octanol–water partition coefficient (Wildman–Crippen LogP) is 8.34. The number of hydrogen-bond donors (Lipinski definition) is 2. The molecule has 7 nitrogen and oxygen atoms in total. The first-order chi connectivity index (χ1) is 21.3. The molecule has 1 aliphatic rings. The molecule has 0 radical (unpaired) electrons. The van der Waals surface area contributed by atoms with E-state index in [4.69, 9.17) is 25.7 Å². The second-order valence-electron chi connectivity index (χ2n) is 11.4. The Balaban J connectivity index is 1.27. The Hall–Kier alpha value is -3.83. The van der Waals surface area contributed by atoms with E-state index in [0.29, 0.717) is 54.6 Å². The van der Waals surface area contributed by atoms with E-state index in [1.807, 2.05) is 0 Å². The van der Waals surface area contributed by atoms with Crippen molar-refractivity contribution in [2.75, 3.05) is 24.7 Å². The smallest absolute Gasteiger partial charge is 0.400 e. The van der Waals surface area contributed by atoms with Crippen molar-refractivity contribution in [1.29, 1.82) is 0 Å². The molecule has 0 aliphatic heterocycles. The Kier molecular flexibility index (Phi) is 13.5. The highest BCUT2D eigenvalue weighted by molar-refractivity contribution is 5.91. The maximum Gasteiger partial charge on any atom is 0.400 e. The number of carbonyl (C=O) groups excluding carboxylic acids is 2. The van der Waals surface area contributed by atoms with Crippen LogP contribution in [0.2, 0.25) is 0 Å². The van der Waals surface area contributed by atoms with Gasteiger partial charge in [0.05, 0.1) is 24.7 Å². The van der Waals surface area contributed by atoms with E-state index in [0.717, 1.165) is 12.8 Å². The van der Waals surface area contributed by atoms with E-state index >= 15 is 0 Å². The lowest BCUT2D eigenvalue weighted by molar-refractivity contribution is -0.223. The number of ether oxygens (including phenoxy) is 3. The molecule has 1 saturated carbocycles. The number of hydrogen-bond acceptors (Lipinski definition) is 7. The molecule has 0 saturated heterocycles. The second kappa shape index (κ2) is 17.0. The molecule has 0 aromatic heterocycles. The molecule has 45 heavy (non-hydrogen) atoms. The maximum atomic E-state index is 14.8. The number of unbranched alkanes of at least 4 members (excludes halogenated alkanes) is 3. The number of anilines is 2. The van der Waals surface area contributed by atoms with Gasteiger partial charge < -0.3 is 25.7 Å². The van der Waals surface area contributed by atoms with E-state index in [-0.39, 0.29) is 44.1 Å². The van der Waals surface area contributed by atoms with Crippen LogP contribution < -0.4 is 16.2 Å². The van der Waals surface area contributed by atoms with Crippen LogP contribution in [0.1, 0.15) is 86.6 Å². The zero-order valence-electron chi connectivity index (χ0n) is 25.1. The minimum absolute atomic E-state index is 0.0174. The highest BCUT2D eigenvalue weighted by Crippen LogP contribution is 2.41. The highest BCUT2D eigenvalue weighted by atomic mass is 19.4. The van der Waals surface area contributed by atoms with Crippen LogP contribution in [0.4, 0.5) is 33.3 Å². The zero-order valence-corrected chi connectivity index (χ0v) is 25.1. The predicted molar refractivity (Wildman–Crippen MR) is 161 cm³/mol. The largest absolute Gasteiger partial charge is 0.463 e. The van der Waals surface area contributed by atoms with E-state index in [1.165, 1.54) is 36.4 Å². The average molecular weight is 641 g/mol. The second-order valence-corrected chi connectivity index (χ2v) is 11.4. The van der Waals surface area contributed by atoms with Crippen molar-refractivity contribution >= 4 is 29.4 Å². The summed E-state index contributed by atoms with van der Waals surface area (Å²) in [5.41, 5.74) is 13.0. The SMILES string of the molecule is Nc1cc(N)cc(C(=O)OCCCCCCOC(=O)C=Cc2ccc(OC(F)(F)C3CCC(CCCC(F)(F)F)CC3)cc2)c1. The summed E-state index contributed by atoms with van der Waals surface area (Å²) in [7, 11) is 0. The Morgan fingerprint density at radius 2 is 1.40 bits per heavy atom. The molecular formula is C33H41F5N2O5. The summed E-state index contributed by atoms with van der Waals surface area (Å²) in [5.74, 6) is -2.01. The number of benzene rings is 2. The fourth-order valence-electron chi connectivity index (χ4n) is 5.25. The van der Waals surface area contributed by atoms with Crippen molar-refractivity contribution in [2.24, 2.45) is 11.8 Å². The molecule has 248 valence electrons. The van der Waals surface area contributed by atoms with Crippen molar-refractivity contribution in [3.8, 4) is 5.75 Å². The first-order valence-electron chi connectivity index (χ1n) is 15.2. The molecule has 1 fully saturated rings. The minimum atomic E-state index is -4.19. The number of halogens is 5. The van der Waals surface area contributed by atoms with Crippen LogP contribution in [-0.4, -0.2) is 37.4 Å². The van der Waals surface area contributed by atoms with Crippen molar-refractivity contribution in [3.05, 3.63) is 59.7 Å². The molecule has 0 amide bonds. The van der Waals surface area contributed by atoms with Gasteiger partial charge in [-0.05, 0) is 106 Å². The lowest BCUT2D eigenvalue weighted by Crippen LogP contribution is -2.37. The summed E-state index contributed by atoms with van der Waals surface area (Å²) in [4.78, 5) is 24.1. The van der Waals surface area contributed by atoms with Gasteiger partial charge in [-0.15, -0.1) is 0 Å². The van der Waals surface area contributed by atoms with Gasteiger partial charge in [-0.25, -0.2) is 9.59 Å². The third-order valence-electron chi connectivity index (χ3n) is 7.67. The van der Waals surface area contributed by atoms with Gasteiger partial charge in [0.25, 0.3) is 0 Å². The third kappa shape index (κ3) is 13.4. The molecule has 0 heterocycles. The number of alkyl halides is 5. The number of carbonyl (C=O) groups is 2. The van der Waals surface area contributed by atoms with Crippen molar-refractivity contribution in [1.82, 2.24) is 0 Å². The van der Waals surface area contributed by atoms with Crippen molar-refractivity contribution in [3.63, 3.8) is 0 Å². The van der Waals surface area contributed by atoms with Crippen LogP contribution in [0.5, 0.6) is 5.75 Å². The van der Waals surface area contributed by atoms with E-state index in [1.54, 1.807) is 18.2 Å². The first-order valence-corrected chi connectivity index (χ1v) is 15.2. The molecule has 0 unspecified atom stereocenters. The molecule has 0 atom stereocenters. The lowest BCUT2D eigenvalue weighted by Gasteiger charge is -2.33. The maximum absolute atomic E-state index is 14.8. The molecule has 0 bridgehead atoms. The van der Waals surface area contributed by atoms with Crippen LogP contribution >= 0.6 is 0 Å². The molecule has 2 aromatic carbocycles. The Morgan fingerprint density at radius 3 is 2.00 bits per heavy atom. The summed E-state index contributed by atoms with van der Waals surface area (Å²) in [6, 6.07) is 10.4. The molecule has 2 aromatic rings. The topological polar surface area (TPSA) is 114 Å². The number of nitrogen functional groups attached to an aromatic ring is 2. The first kappa shape index (κ1) is 35.6. The Morgan fingerprint density at radius 1 is 0.800 bits per heavy atom. The average Bonchev–Trinajstić information content (AvgIpc) is 2.97. The molecule has 12 heteroatoms. The number of esters is 2. The van der Waals surface area contributed by atoms with E-state index in [9.17, 15) is 31.5 Å². The summed E-state index contributed by atoms with van der Waals surface area (Å²) in [6.45, 7) is 0.471. The molecule has 0 spiro atoms. The number of nitrogens with two attached hydrogens (primary N) is 2. The molecule has 1 aliphatic carbocycles. The highest BCUT2D eigenvalue weighted by Gasteiger charge is 2.44. The fourth-order valence-corrected chi connectivity index (χ4v) is 5.25. The van der Waals surface area contributed by atoms with Gasteiger partial charge in [-0.1, -0.05) is 18.6 Å². The summed E-state index contributed by atoms with van der Waals surface area (Å²) >= 11 is 0. The molecule has 3 rings (SSSR count). The standard InChI is InChI=1S/C33H41F5N2O5/c34-32(35,36)17-5-6-23-7-12-26(13-8-23)33(37,38)45-29-14-9-24(10-15-29)11-16-30(41)43-18-3-1-2-4-19-44-31(42)25-20-27(39)22-28(40)21-25/h9-11,14-16,20-23,26H,1-8,12-13,17-19,39-40H2. The minimum Gasteiger partial charge on any atom is -0.463 e. The van der Waals surface area contributed by atoms with Gasteiger partial charge in [0, 0.05) is 23.9 Å². The van der Waals surface area contributed by atoms with Crippen LogP contribution in [-0.2, 0) is 14.3 Å². The fraction of sp³-hybridized carbons (Fsp3) is 0.515. The normalized spacial score (nSPS) is 17.3. The van der Waals surface area contributed by atoms with Crippen LogP contribution in [0.3, 0.4) is 0 Å². The van der Waals surface area contributed by atoms with E-state index < -0.39 is 36.6 Å². The van der Waals surface area contributed by atoms with Gasteiger partial charge in [0.15, 0.2) is 0 Å². The summed E-state index contributed by atoms with van der Waals surface area (Å²) in [6.07, 6.45) is -1.09. The quantitative estimate of drug-likeness (QED) is 0.0623. The lowest BCUT2D eigenvalue weighted by atomic mass is 9.79. The molecular weight excluding hydrogens is 599 g/mol.